The van der Waals surface area contributed by atoms with E-state index in [4.69, 9.17) is 4.42 Å². The summed E-state index contributed by atoms with van der Waals surface area (Å²) in [6.07, 6.45) is 2.31. The smallest absolute Gasteiger partial charge is 0.245 e. The molecule has 1 aromatic carbocycles. The number of hydrogen-bond donors (Lipinski definition) is 0. The van der Waals surface area contributed by atoms with Gasteiger partial charge in [0, 0.05) is 30.9 Å². The molecule has 4 rings (SSSR count). The molecule has 0 fully saturated rings. The molecular formula is C17H13F2N3O. The van der Waals surface area contributed by atoms with Crippen molar-refractivity contribution in [2.24, 2.45) is 0 Å². The monoisotopic (exact) mass is 313 g/mol. The molecule has 4 nitrogen and oxygen atoms in total. The van der Waals surface area contributed by atoms with E-state index in [2.05, 4.69) is 9.97 Å². The fraction of sp³-hybridized carbons (Fsp3) is 0.176. The Kier molecular flexibility index (Phi) is 3.29. The van der Waals surface area contributed by atoms with E-state index in [1.165, 1.54) is 12.1 Å². The Morgan fingerprint density at radius 1 is 1.09 bits per heavy atom. The van der Waals surface area contributed by atoms with Crippen molar-refractivity contribution in [3.05, 3.63) is 65.7 Å². The summed E-state index contributed by atoms with van der Waals surface area (Å²) in [6.45, 7) is 1.07. The molecule has 23 heavy (non-hydrogen) atoms. The molecule has 0 aliphatic carbocycles. The van der Waals surface area contributed by atoms with Crippen LogP contribution in [0.4, 0.5) is 14.5 Å². The molecule has 2 aromatic heterocycles. The zero-order valence-electron chi connectivity index (χ0n) is 12.2. The van der Waals surface area contributed by atoms with E-state index >= 15 is 0 Å². The molecule has 0 unspecified atom stereocenters. The van der Waals surface area contributed by atoms with Crippen LogP contribution in [0.15, 0.2) is 47.0 Å². The van der Waals surface area contributed by atoms with Crippen LogP contribution in [0.3, 0.4) is 0 Å². The maximum Gasteiger partial charge on any atom is 0.245 e. The zero-order chi connectivity index (χ0) is 15.8. The number of oxazole rings is 1. The molecule has 6 heteroatoms. The Morgan fingerprint density at radius 2 is 1.91 bits per heavy atom. The van der Waals surface area contributed by atoms with Gasteiger partial charge < -0.3 is 9.32 Å². The van der Waals surface area contributed by atoms with Crippen LogP contribution in [-0.2, 0) is 13.0 Å². The normalized spacial score (nSPS) is 13.9. The van der Waals surface area contributed by atoms with E-state index in [9.17, 15) is 8.78 Å². The van der Waals surface area contributed by atoms with Gasteiger partial charge in [-0.2, -0.15) is 0 Å². The maximum absolute atomic E-state index is 13.4. The first-order chi connectivity index (χ1) is 11.2. The topological polar surface area (TPSA) is 42.2 Å². The SMILES string of the molecule is Fc1cc(F)cc(N2CCc3oc(-c4ccccn4)nc3C2)c1. The minimum Gasteiger partial charge on any atom is -0.439 e. The highest BCUT2D eigenvalue weighted by Crippen LogP contribution is 2.28. The molecular weight excluding hydrogens is 300 g/mol. The Morgan fingerprint density at radius 3 is 2.65 bits per heavy atom. The van der Waals surface area contributed by atoms with Crippen LogP contribution in [0.5, 0.6) is 0 Å². The zero-order valence-corrected chi connectivity index (χ0v) is 12.2. The fourth-order valence-electron chi connectivity index (χ4n) is 2.74. The number of halogens is 2. The third-order valence-corrected chi connectivity index (χ3v) is 3.82. The lowest BCUT2D eigenvalue weighted by Crippen LogP contribution is -2.30. The number of fused-ring (bicyclic) bond motifs is 1. The van der Waals surface area contributed by atoms with E-state index in [1.807, 2.05) is 23.1 Å². The average Bonchev–Trinajstić information content (AvgIpc) is 2.98. The summed E-state index contributed by atoms with van der Waals surface area (Å²) in [4.78, 5) is 10.6. The second kappa shape index (κ2) is 5.46. The Balaban J connectivity index is 1.63. The molecule has 116 valence electrons. The number of anilines is 1. The van der Waals surface area contributed by atoms with Crippen LogP contribution in [0.2, 0.25) is 0 Å². The lowest BCUT2D eigenvalue weighted by atomic mass is 10.1. The van der Waals surface area contributed by atoms with Crippen molar-refractivity contribution in [1.29, 1.82) is 0 Å². The van der Waals surface area contributed by atoms with Crippen molar-refractivity contribution in [1.82, 2.24) is 9.97 Å². The number of pyridine rings is 1. The minimum absolute atomic E-state index is 0.453. The van der Waals surface area contributed by atoms with Gasteiger partial charge in [0.1, 0.15) is 28.8 Å². The molecule has 0 bridgehead atoms. The van der Waals surface area contributed by atoms with Crippen molar-refractivity contribution in [2.75, 3.05) is 11.4 Å². The van der Waals surface area contributed by atoms with Crippen LogP contribution < -0.4 is 4.90 Å². The maximum atomic E-state index is 13.4. The van der Waals surface area contributed by atoms with Gasteiger partial charge in [0.25, 0.3) is 0 Å². The average molecular weight is 313 g/mol. The van der Waals surface area contributed by atoms with Gasteiger partial charge in [0.2, 0.25) is 5.89 Å². The van der Waals surface area contributed by atoms with Crippen molar-refractivity contribution >= 4 is 5.69 Å². The summed E-state index contributed by atoms with van der Waals surface area (Å²) in [7, 11) is 0. The molecule has 0 amide bonds. The van der Waals surface area contributed by atoms with Crippen LogP contribution >= 0.6 is 0 Å². The van der Waals surface area contributed by atoms with Crippen LogP contribution in [0.1, 0.15) is 11.5 Å². The van der Waals surface area contributed by atoms with E-state index in [0.717, 1.165) is 17.5 Å². The summed E-state index contributed by atoms with van der Waals surface area (Å²) in [6, 6.07) is 9.05. The summed E-state index contributed by atoms with van der Waals surface area (Å²) in [5.41, 5.74) is 1.96. The summed E-state index contributed by atoms with van der Waals surface area (Å²) < 4.78 is 32.6. The van der Waals surface area contributed by atoms with Gasteiger partial charge in [-0.25, -0.2) is 13.8 Å². The third kappa shape index (κ3) is 2.67. The number of aromatic nitrogens is 2. The van der Waals surface area contributed by atoms with E-state index in [-0.39, 0.29) is 0 Å². The molecule has 0 saturated carbocycles. The minimum atomic E-state index is -0.583. The first-order valence-electron chi connectivity index (χ1n) is 7.30. The van der Waals surface area contributed by atoms with Gasteiger partial charge in [-0.3, -0.25) is 4.98 Å². The van der Waals surface area contributed by atoms with Gasteiger partial charge in [-0.05, 0) is 24.3 Å². The quantitative estimate of drug-likeness (QED) is 0.725. The third-order valence-electron chi connectivity index (χ3n) is 3.82. The van der Waals surface area contributed by atoms with Crippen molar-refractivity contribution < 1.29 is 13.2 Å². The van der Waals surface area contributed by atoms with Crippen molar-refractivity contribution in [3.8, 4) is 11.6 Å². The predicted molar refractivity (Wildman–Crippen MR) is 80.8 cm³/mol. The summed E-state index contributed by atoms with van der Waals surface area (Å²) in [5, 5.41) is 0. The molecule has 3 aromatic rings. The van der Waals surface area contributed by atoms with E-state index < -0.39 is 11.6 Å². The second-order valence-electron chi connectivity index (χ2n) is 5.40. The standard InChI is InChI=1S/C17H13F2N3O/c18-11-7-12(19)9-13(8-11)22-6-4-16-15(10-22)21-17(23-16)14-3-1-2-5-20-14/h1-3,5,7-9H,4,6,10H2. The number of nitrogens with zero attached hydrogens (tertiary/aromatic N) is 3. The number of rotatable bonds is 2. The summed E-state index contributed by atoms with van der Waals surface area (Å²) >= 11 is 0. The van der Waals surface area contributed by atoms with E-state index in [1.54, 1.807) is 6.20 Å². The molecule has 0 saturated heterocycles. The largest absolute Gasteiger partial charge is 0.439 e. The molecule has 0 atom stereocenters. The molecule has 0 spiro atoms. The van der Waals surface area contributed by atoms with Crippen LogP contribution in [-0.4, -0.2) is 16.5 Å². The predicted octanol–water partition coefficient (Wildman–Crippen LogP) is 3.58. The van der Waals surface area contributed by atoms with Crippen LogP contribution in [0.25, 0.3) is 11.6 Å². The van der Waals surface area contributed by atoms with Gasteiger partial charge in [0.05, 0.1) is 6.54 Å². The highest BCUT2D eigenvalue weighted by Gasteiger charge is 2.24. The Bertz CT molecular complexity index is 828. The highest BCUT2D eigenvalue weighted by atomic mass is 19.1. The fourth-order valence-corrected chi connectivity index (χ4v) is 2.74. The lowest BCUT2D eigenvalue weighted by molar-refractivity contribution is 0.497. The molecule has 0 N–H and O–H groups in total. The molecule has 3 heterocycles. The molecule has 1 aliphatic heterocycles. The summed E-state index contributed by atoms with van der Waals surface area (Å²) in [5.74, 6) is 0.113. The molecule has 1 aliphatic rings. The molecule has 0 radical (unpaired) electrons. The second-order valence-corrected chi connectivity index (χ2v) is 5.40. The van der Waals surface area contributed by atoms with Gasteiger partial charge >= 0.3 is 0 Å². The van der Waals surface area contributed by atoms with Gasteiger partial charge in [-0.15, -0.1) is 0 Å². The Hall–Kier alpha value is -2.76. The highest BCUT2D eigenvalue weighted by molar-refractivity contribution is 5.51. The van der Waals surface area contributed by atoms with Gasteiger partial charge in [-0.1, -0.05) is 6.07 Å². The Labute approximate surface area is 131 Å². The van der Waals surface area contributed by atoms with Crippen molar-refractivity contribution in [2.45, 2.75) is 13.0 Å². The van der Waals surface area contributed by atoms with Crippen LogP contribution in [0, 0.1) is 11.6 Å². The van der Waals surface area contributed by atoms with Crippen molar-refractivity contribution in [3.63, 3.8) is 0 Å². The lowest BCUT2D eigenvalue weighted by Gasteiger charge is -2.27. The van der Waals surface area contributed by atoms with E-state index in [0.29, 0.717) is 36.8 Å². The first-order valence-corrected chi connectivity index (χ1v) is 7.30. The van der Waals surface area contributed by atoms with Gasteiger partial charge in [0.15, 0.2) is 0 Å². The number of benzene rings is 1. The number of hydrogen-bond acceptors (Lipinski definition) is 4. The first kappa shape index (κ1) is 13.9.